The second-order valence-corrected chi connectivity index (χ2v) is 7.23. The van der Waals surface area contributed by atoms with Crippen LogP contribution in [0.5, 0.6) is 0 Å². The van der Waals surface area contributed by atoms with Gasteiger partial charge in [0.25, 0.3) is 0 Å². The lowest BCUT2D eigenvalue weighted by Gasteiger charge is -2.28. The molecule has 0 bridgehead atoms. The number of hydrogen-bond donors (Lipinski definition) is 1. The van der Waals surface area contributed by atoms with Crippen molar-refractivity contribution in [3.63, 3.8) is 0 Å². The zero-order chi connectivity index (χ0) is 18.1. The normalized spacial score (nSPS) is 18.8. The van der Waals surface area contributed by atoms with Crippen LogP contribution in [-0.2, 0) is 17.6 Å². The number of hydrogen-bond acceptors (Lipinski definition) is 3. The van der Waals surface area contributed by atoms with Crippen molar-refractivity contribution in [2.24, 2.45) is 5.41 Å². The van der Waals surface area contributed by atoms with Crippen LogP contribution in [0.1, 0.15) is 36.9 Å². The molecule has 5 nitrogen and oxygen atoms in total. The van der Waals surface area contributed by atoms with Crippen LogP contribution >= 0.6 is 0 Å². The van der Waals surface area contributed by atoms with E-state index >= 15 is 0 Å². The largest absolute Gasteiger partial charge is 0.341 e. The summed E-state index contributed by atoms with van der Waals surface area (Å²) in [7, 11) is 0. The molecule has 4 rings (SSSR count). The Kier molecular flexibility index (Phi) is 4.23. The van der Waals surface area contributed by atoms with Crippen molar-refractivity contribution in [3.05, 3.63) is 41.3 Å². The summed E-state index contributed by atoms with van der Waals surface area (Å²) in [6, 6.07) is 8.62. The van der Waals surface area contributed by atoms with E-state index in [-0.39, 0.29) is 11.7 Å². The fourth-order valence-electron chi connectivity index (χ4n) is 4.19. The van der Waals surface area contributed by atoms with Crippen LogP contribution in [0.25, 0.3) is 11.3 Å². The van der Waals surface area contributed by atoms with E-state index in [1.807, 2.05) is 4.90 Å². The van der Waals surface area contributed by atoms with Gasteiger partial charge in [0.15, 0.2) is 0 Å². The van der Waals surface area contributed by atoms with Gasteiger partial charge >= 0.3 is 0 Å². The molecule has 6 heteroatoms. The van der Waals surface area contributed by atoms with E-state index in [0.29, 0.717) is 38.8 Å². The SMILES string of the molecule is N#CC1(C(=O)N2CCc3[nH]nc(-c4ccc(F)cc4)c3CC2)CCCC1. The standard InChI is InChI=1S/C20H21FN4O/c21-15-5-3-14(4-6-15)18-16-7-11-25(12-8-17(16)23-24-18)19(26)20(13-22)9-1-2-10-20/h3-6H,1-2,7-12H2,(H,23,24). The van der Waals surface area contributed by atoms with E-state index in [0.717, 1.165) is 35.4 Å². The zero-order valence-electron chi connectivity index (χ0n) is 14.6. The quantitative estimate of drug-likeness (QED) is 0.902. The van der Waals surface area contributed by atoms with Crippen molar-refractivity contribution in [2.45, 2.75) is 38.5 Å². The smallest absolute Gasteiger partial charge is 0.243 e. The maximum Gasteiger partial charge on any atom is 0.243 e. The molecule has 1 amide bonds. The summed E-state index contributed by atoms with van der Waals surface area (Å²) in [6.45, 7) is 1.18. The molecule has 1 aromatic heterocycles. The van der Waals surface area contributed by atoms with Crippen molar-refractivity contribution in [1.29, 1.82) is 5.26 Å². The molecule has 0 radical (unpaired) electrons. The molecule has 1 aromatic carbocycles. The Hall–Kier alpha value is -2.68. The maximum atomic E-state index is 13.2. The Morgan fingerprint density at radius 3 is 2.58 bits per heavy atom. The number of aromatic amines is 1. The lowest BCUT2D eigenvalue weighted by Crippen LogP contribution is -2.43. The average Bonchev–Trinajstić information content (AvgIpc) is 3.25. The van der Waals surface area contributed by atoms with Gasteiger partial charge in [-0.25, -0.2) is 4.39 Å². The minimum absolute atomic E-state index is 0.0149. The first-order chi connectivity index (χ1) is 12.6. The molecule has 26 heavy (non-hydrogen) atoms. The Morgan fingerprint density at radius 1 is 1.19 bits per heavy atom. The third-order valence-electron chi connectivity index (χ3n) is 5.70. The zero-order valence-corrected chi connectivity index (χ0v) is 14.6. The maximum absolute atomic E-state index is 13.2. The summed E-state index contributed by atoms with van der Waals surface area (Å²) >= 11 is 0. The van der Waals surface area contributed by atoms with E-state index in [2.05, 4.69) is 16.3 Å². The number of benzene rings is 1. The second-order valence-electron chi connectivity index (χ2n) is 7.23. The number of nitriles is 1. The third-order valence-corrected chi connectivity index (χ3v) is 5.70. The van der Waals surface area contributed by atoms with Crippen molar-refractivity contribution >= 4 is 5.91 Å². The highest BCUT2D eigenvalue weighted by Gasteiger charge is 2.44. The molecule has 2 heterocycles. The lowest BCUT2D eigenvalue weighted by atomic mass is 9.86. The van der Waals surface area contributed by atoms with Gasteiger partial charge in [-0.15, -0.1) is 0 Å². The number of carbonyl (C=O) groups excluding carboxylic acids is 1. The van der Waals surface area contributed by atoms with Crippen LogP contribution in [0.4, 0.5) is 4.39 Å². The number of aromatic nitrogens is 2. The Morgan fingerprint density at radius 2 is 1.88 bits per heavy atom. The molecule has 2 aliphatic rings. The van der Waals surface area contributed by atoms with E-state index < -0.39 is 5.41 Å². The van der Waals surface area contributed by atoms with Gasteiger partial charge in [-0.3, -0.25) is 9.89 Å². The van der Waals surface area contributed by atoms with Gasteiger partial charge in [0.05, 0.1) is 11.8 Å². The molecule has 0 atom stereocenters. The van der Waals surface area contributed by atoms with Gasteiger partial charge in [-0.05, 0) is 43.5 Å². The van der Waals surface area contributed by atoms with Crippen molar-refractivity contribution in [3.8, 4) is 17.3 Å². The number of carbonyl (C=O) groups is 1. The van der Waals surface area contributed by atoms with Crippen LogP contribution in [0.2, 0.25) is 0 Å². The monoisotopic (exact) mass is 352 g/mol. The lowest BCUT2D eigenvalue weighted by molar-refractivity contribution is -0.138. The molecule has 1 saturated carbocycles. The summed E-state index contributed by atoms with van der Waals surface area (Å²) < 4.78 is 13.2. The first kappa shape index (κ1) is 16.8. The summed E-state index contributed by atoms with van der Waals surface area (Å²) in [4.78, 5) is 14.9. The van der Waals surface area contributed by atoms with Crippen LogP contribution < -0.4 is 0 Å². The number of rotatable bonds is 2. The minimum Gasteiger partial charge on any atom is -0.341 e. The molecule has 0 unspecified atom stereocenters. The number of nitrogens with one attached hydrogen (secondary N) is 1. The first-order valence-corrected chi connectivity index (χ1v) is 9.16. The molecule has 1 aliphatic heterocycles. The topological polar surface area (TPSA) is 72.8 Å². The van der Waals surface area contributed by atoms with Crippen LogP contribution in [0.3, 0.4) is 0 Å². The van der Waals surface area contributed by atoms with Crippen LogP contribution in [0, 0.1) is 22.6 Å². The number of fused-ring (bicyclic) bond motifs is 1. The number of halogens is 1. The fourth-order valence-corrected chi connectivity index (χ4v) is 4.19. The van der Waals surface area contributed by atoms with Gasteiger partial charge < -0.3 is 4.90 Å². The van der Waals surface area contributed by atoms with Crippen molar-refractivity contribution < 1.29 is 9.18 Å². The molecule has 0 saturated heterocycles. The number of amides is 1. The fraction of sp³-hybridized carbons (Fsp3) is 0.450. The van der Waals surface area contributed by atoms with Crippen LogP contribution in [0.15, 0.2) is 24.3 Å². The van der Waals surface area contributed by atoms with Gasteiger partial charge in [-0.1, -0.05) is 12.8 Å². The predicted octanol–water partition coefficient (Wildman–Crippen LogP) is 3.23. The molecule has 0 spiro atoms. The molecule has 1 N–H and O–H groups in total. The number of nitrogens with zero attached hydrogens (tertiary/aromatic N) is 3. The van der Waals surface area contributed by atoms with E-state index in [1.54, 1.807) is 12.1 Å². The van der Waals surface area contributed by atoms with Crippen molar-refractivity contribution in [1.82, 2.24) is 15.1 Å². The minimum atomic E-state index is -0.823. The summed E-state index contributed by atoms with van der Waals surface area (Å²) in [6.07, 6.45) is 4.62. The van der Waals surface area contributed by atoms with Crippen LogP contribution in [-0.4, -0.2) is 34.1 Å². The van der Waals surface area contributed by atoms with E-state index in [1.165, 1.54) is 12.1 Å². The second kappa shape index (κ2) is 6.56. The van der Waals surface area contributed by atoms with E-state index in [4.69, 9.17) is 0 Å². The summed E-state index contributed by atoms with van der Waals surface area (Å²) in [5.41, 5.74) is 2.98. The predicted molar refractivity (Wildman–Crippen MR) is 94.5 cm³/mol. The third kappa shape index (κ3) is 2.78. The van der Waals surface area contributed by atoms with Gasteiger partial charge in [0.2, 0.25) is 5.91 Å². The van der Waals surface area contributed by atoms with Gasteiger partial charge in [0.1, 0.15) is 11.2 Å². The molecular formula is C20H21FN4O. The molecule has 134 valence electrons. The first-order valence-electron chi connectivity index (χ1n) is 9.16. The highest BCUT2D eigenvalue weighted by Crippen LogP contribution is 2.39. The molecule has 1 fully saturated rings. The Balaban J connectivity index is 1.56. The van der Waals surface area contributed by atoms with Gasteiger partial charge in [0, 0.05) is 36.3 Å². The number of H-pyrrole nitrogens is 1. The molecular weight excluding hydrogens is 331 g/mol. The van der Waals surface area contributed by atoms with Crippen molar-refractivity contribution in [2.75, 3.05) is 13.1 Å². The van der Waals surface area contributed by atoms with Gasteiger partial charge in [-0.2, -0.15) is 10.4 Å². The Bertz CT molecular complexity index is 859. The highest BCUT2D eigenvalue weighted by atomic mass is 19.1. The summed E-state index contributed by atoms with van der Waals surface area (Å²) in [5, 5.41) is 17.1. The average molecular weight is 352 g/mol. The summed E-state index contributed by atoms with van der Waals surface area (Å²) in [5.74, 6) is -0.288. The Labute approximate surface area is 151 Å². The molecule has 2 aromatic rings. The molecule has 1 aliphatic carbocycles. The van der Waals surface area contributed by atoms with E-state index in [9.17, 15) is 14.4 Å². The highest BCUT2D eigenvalue weighted by molar-refractivity contribution is 5.86.